The van der Waals surface area contributed by atoms with Crippen molar-refractivity contribution in [2.45, 2.75) is 38.5 Å². The normalized spacial score (nSPS) is 15.7. The maximum Gasteiger partial charge on any atom is 0.136 e. The van der Waals surface area contributed by atoms with Crippen LogP contribution in [0.5, 0.6) is 0 Å². The smallest absolute Gasteiger partial charge is 0.136 e. The summed E-state index contributed by atoms with van der Waals surface area (Å²) in [4.78, 5) is 0. The molecule has 0 heterocycles. The number of nitrogens with one attached hydrogen (secondary N) is 1. The van der Waals surface area contributed by atoms with Crippen LogP contribution in [0, 0.1) is 5.82 Å². The molecule has 1 aromatic carbocycles. The molecule has 1 rings (SSSR count). The molecule has 0 saturated carbocycles. The van der Waals surface area contributed by atoms with Gasteiger partial charge in [-0.1, -0.05) is 15.9 Å². The summed E-state index contributed by atoms with van der Waals surface area (Å²) in [6.45, 7) is 7.43. The number of rotatable bonds is 3. The van der Waals surface area contributed by atoms with Crippen molar-refractivity contribution < 1.29 is 8.94 Å². The molecular weight excluding hydrogens is 305 g/mol. The molecule has 0 saturated heterocycles. The van der Waals surface area contributed by atoms with E-state index in [9.17, 15) is 8.94 Å². The van der Waals surface area contributed by atoms with Crippen LogP contribution in [-0.2, 0) is 11.4 Å². The summed E-state index contributed by atoms with van der Waals surface area (Å²) in [5.74, 6) is -0.292. The maximum absolute atomic E-state index is 13.6. The summed E-state index contributed by atoms with van der Waals surface area (Å²) in [7, 11) is 0. The van der Waals surface area contributed by atoms with Crippen molar-refractivity contribution in [2.75, 3.05) is 0 Å². The van der Waals surface area contributed by atoms with E-state index in [1.165, 1.54) is 6.07 Å². The van der Waals surface area contributed by atoms with Crippen molar-refractivity contribution in [3.8, 4) is 0 Å². The second-order valence-corrected chi connectivity index (χ2v) is 7.80. The molecule has 5 heteroatoms. The highest BCUT2D eigenvalue weighted by atomic mass is 79.9. The minimum absolute atomic E-state index is 0.292. The average Bonchev–Trinajstić information content (AvgIpc) is 2.20. The number of hydrogen-bond donors (Lipinski definition) is 1. The van der Waals surface area contributed by atoms with Crippen LogP contribution in [0.4, 0.5) is 4.39 Å². The zero-order valence-electron chi connectivity index (χ0n) is 10.4. The zero-order valence-corrected chi connectivity index (χ0v) is 12.8. The van der Waals surface area contributed by atoms with Crippen LogP contribution < -0.4 is 4.72 Å². The molecule has 0 radical (unpaired) electrons. The molecular formula is C12H17BrFNOS. The highest BCUT2D eigenvalue weighted by Crippen LogP contribution is 2.24. The van der Waals surface area contributed by atoms with Gasteiger partial charge in [0.25, 0.3) is 0 Å². The molecule has 1 N–H and O–H groups in total. The quantitative estimate of drug-likeness (QED) is 0.861. The van der Waals surface area contributed by atoms with Crippen LogP contribution in [0.3, 0.4) is 0 Å². The predicted octanol–water partition coefficient (Wildman–Crippen LogP) is 3.70. The molecule has 0 spiro atoms. The van der Waals surface area contributed by atoms with Gasteiger partial charge in [-0.25, -0.2) is 4.39 Å². The molecule has 2 atom stereocenters. The summed E-state index contributed by atoms with van der Waals surface area (Å²) >= 11 is 2.09. The molecule has 0 aromatic heterocycles. The van der Waals surface area contributed by atoms with Crippen LogP contribution in [0.1, 0.15) is 39.3 Å². The first kappa shape index (κ1) is 15.0. The first-order valence-corrected chi connectivity index (χ1v) is 7.29. The van der Waals surface area contributed by atoms with Crippen molar-refractivity contribution in [2.24, 2.45) is 0 Å². The SMILES string of the molecule is CC(N[S@@+]([O-])C(C)(C)C)c1cc(Br)ccc1F. The van der Waals surface area contributed by atoms with E-state index in [1.807, 2.05) is 20.8 Å². The Morgan fingerprint density at radius 1 is 1.41 bits per heavy atom. The van der Waals surface area contributed by atoms with Gasteiger partial charge in [0.15, 0.2) is 0 Å². The average molecular weight is 322 g/mol. The van der Waals surface area contributed by atoms with Crippen LogP contribution in [0.2, 0.25) is 0 Å². The minimum atomic E-state index is -1.21. The Morgan fingerprint density at radius 3 is 2.53 bits per heavy atom. The van der Waals surface area contributed by atoms with Crippen LogP contribution in [0.25, 0.3) is 0 Å². The molecule has 96 valence electrons. The van der Waals surface area contributed by atoms with Gasteiger partial charge in [-0.3, -0.25) is 0 Å². The molecule has 1 aromatic rings. The van der Waals surface area contributed by atoms with E-state index >= 15 is 0 Å². The van der Waals surface area contributed by atoms with Gasteiger partial charge in [-0.15, -0.1) is 4.72 Å². The number of halogens is 2. The third-order valence-electron chi connectivity index (χ3n) is 2.26. The van der Waals surface area contributed by atoms with Gasteiger partial charge in [0.2, 0.25) is 0 Å². The Hall–Kier alpha value is -0.100. The summed E-state index contributed by atoms with van der Waals surface area (Å²) in [5.41, 5.74) is 0.511. The van der Waals surface area contributed by atoms with Crippen LogP contribution in [0.15, 0.2) is 22.7 Å². The van der Waals surface area contributed by atoms with Gasteiger partial charge in [-0.05, 0) is 45.9 Å². The highest BCUT2D eigenvalue weighted by molar-refractivity contribution is 9.10. The largest absolute Gasteiger partial charge is 0.598 e. The zero-order chi connectivity index (χ0) is 13.2. The molecule has 0 bridgehead atoms. The first-order chi connectivity index (χ1) is 7.71. The fraction of sp³-hybridized carbons (Fsp3) is 0.500. The van der Waals surface area contributed by atoms with E-state index in [0.29, 0.717) is 5.56 Å². The molecule has 1 unspecified atom stereocenters. The second kappa shape index (κ2) is 5.69. The van der Waals surface area contributed by atoms with Crippen molar-refractivity contribution in [3.05, 3.63) is 34.1 Å². The predicted molar refractivity (Wildman–Crippen MR) is 73.5 cm³/mol. The summed E-state index contributed by atoms with van der Waals surface area (Å²) in [6.07, 6.45) is 0. The van der Waals surface area contributed by atoms with Gasteiger partial charge in [0, 0.05) is 21.4 Å². The molecule has 0 aliphatic heterocycles. The van der Waals surface area contributed by atoms with Gasteiger partial charge in [0.05, 0.1) is 6.04 Å². The lowest BCUT2D eigenvalue weighted by Crippen LogP contribution is -2.40. The number of benzene rings is 1. The van der Waals surface area contributed by atoms with Crippen LogP contribution >= 0.6 is 15.9 Å². The minimum Gasteiger partial charge on any atom is -0.598 e. The maximum atomic E-state index is 13.6. The van der Waals surface area contributed by atoms with Crippen molar-refractivity contribution >= 4 is 27.3 Å². The molecule has 0 amide bonds. The van der Waals surface area contributed by atoms with E-state index in [4.69, 9.17) is 0 Å². The molecule has 2 nitrogen and oxygen atoms in total. The van der Waals surface area contributed by atoms with E-state index < -0.39 is 11.4 Å². The lowest BCUT2D eigenvalue weighted by molar-refractivity contribution is 0.522. The third kappa shape index (κ3) is 4.25. The molecule has 0 fully saturated rings. The molecule has 0 aliphatic carbocycles. The second-order valence-electron chi connectivity index (χ2n) is 4.89. The molecule has 0 aliphatic rings. The lowest BCUT2D eigenvalue weighted by atomic mass is 10.1. The molecule has 17 heavy (non-hydrogen) atoms. The van der Waals surface area contributed by atoms with Gasteiger partial charge >= 0.3 is 0 Å². The summed E-state index contributed by atoms with van der Waals surface area (Å²) in [6, 6.07) is 4.45. The van der Waals surface area contributed by atoms with Crippen molar-refractivity contribution in [1.29, 1.82) is 0 Å². The standard InChI is InChI=1S/C12H17BrFNOS/c1-8(15-17(16)12(2,3)4)10-7-9(13)5-6-11(10)14/h5-8,15H,1-4H3/t8?,17-/m0/s1. The first-order valence-electron chi connectivity index (χ1n) is 5.35. The van der Waals surface area contributed by atoms with Crippen molar-refractivity contribution in [3.63, 3.8) is 0 Å². The third-order valence-corrected chi connectivity index (χ3v) is 4.44. The van der Waals surface area contributed by atoms with E-state index in [2.05, 4.69) is 20.7 Å². The van der Waals surface area contributed by atoms with E-state index in [-0.39, 0.29) is 16.6 Å². The van der Waals surface area contributed by atoms with E-state index in [1.54, 1.807) is 19.1 Å². The summed E-state index contributed by atoms with van der Waals surface area (Å²) in [5, 5.41) is 0. The lowest BCUT2D eigenvalue weighted by Gasteiger charge is -2.26. The Morgan fingerprint density at radius 2 is 2.00 bits per heavy atom. The fourth-order valence-electron chi connectivity index (χ4n) is 1.25. The van der Waals surface area contributed by atoms with Gasteiger partial charge < -0.3 is 4.55 Å². The highest BCUT2D eigenvalue weighted by Gasteiger charge is 2.29. The van der Waals surface area contributed by atoms with Gasteiger partial charge in [-0.2, -0.15) is 0 Å². The van der Waals surface area contributed by atoms with Crippen molar-refractivity contribution in [1.82, 2.24) is 4.72 Å². The monoisotopic (exact) mass is 321 g/mol. The number of hydrogen-bond acceptors (Lipinski definition) is 2. The summed E-state index contributed by atoms with van der Waals surface area (Å²) < 4.78 is 28.9. The topological polar surface area (TPSA) is 35.1 Å². The van der Waals surface area contributed by atoms with Crippen LogP contribution in [-0.4, -0.2) is 9.30 Å². The fourth-order valence-corrected chi connectivity index (χ4v) is 2.43. The van der Waals surface area contributed by atoms with Gasteiger partial charge in [0.1, 0.15) is 10.6 Å². The Bertz CT molecular complexity index is 395. The Labute approximate surface area is 113 Å². The van der Waals surface area contributed by atoms with E-state index in [0.717, 1.165) is 4.47 Å². The Kier molecular flexibility index (Phi) is 5.01. The Balaban J connectivity index is 2.83.